The molecule has 26 heavy (non-hydrogen) atoms. The second-order valence-corrected chi connectivity index (χ2v) is 6.14. The molecule has 0 radical (unpaired) electrons. The van der Waals surface area contributed by atoms with Gasteiger partial charge in [0.15, 0.2) is 0 Å². The van der Waals surface area contributed by atoms with E-state index in [9.17, 15) is 23.2 Å². The standard InChI is InChI=1S/C17H19F2N3O4/c18-14(19)9-12-16(24)22(17(25)20-12)6-5-15(23)21-7-8-26-13-4-2-1-3-11(13)10-21/h1-4,12,14H,5-10H2,(H,20,25)/t12-/m1/s1. The van der Waals surface area contributed by atoms with Gasteiger partial charge in [0.05, 0.1) is 6.54 Å². The predicted octanol–water partition coefficient (Wildman–Crippen LogP) is 1.37. The smallest absolute Gasteiger partial charge is 0.324 e. The Morgan fingerprint density at radius 1 is 1.31 bits per heavy atom. The summed E-state index contributed by atoms with van der Waals surface area (Å²) in [5.74, 6) is -0.220. The van der Waals surface area contributed by atoms with Crippen LogP contribution in [0.15, 0.2) is 24.3 Å². The normalized spacial score (nSPS) is 19.9. The third-order valence-corrected chi connectivity index (χ3v) is 4.38. The largest absolute Gasteiger partial charge is 0.491 e. The molecule has 2 aliphatic heterocycles. The van der Waals surface area contributed by atoms with Gasteiger partial charge in [-0.2, -0.15) is 0 Å². The summed E-state index contributed by atoms with van der Waals surface area (Å²) in [4.78, 5) is 38.7. The predicted molar refractivity (Wildman–Crippen MR) is 86.6 cm³/mol. The summed E-state index contributed by atoms with van der Waals surface area (Å²) in [6.07, 6.45) is -3.49. The molecule has 0 aromatic heterocycles. The van der Waals surface area contributed by atoms with Crippen LogP contribution in [0.3, 0.4) is 0 Å². The summed E-state index contributed by atoms with van der Waals surface area (Å²) < 4.78 is 30.5. The van der Waals surface area contributed by atoms with E-state index in [4.69, 9.17) is 4.74 Å². The van der Waals surface area contributed by atoms with E-state index in [0.29, 0.717) is 19.7 Å². The van der Waals surface area contributed by atoms with E-state index in [-0.39, 0.29) is 18.9 Å². The molecule has 1 N–H and O–H groups in total. The number of nitrogens with zero attached hydrogens (tertiary/aromatic N) is 2. The Kier molecular flexibility index (Phi) is 5.34. The number of para-hydroxylation sites is 1. The average molecular weight is 367 g/mol. The Morgan fingerprint density at radius 3 is 2.85 bits per heavy atom. The maximum Gasteiger partial charge on any atom is 0.324 e. The summed E-state index contributed by atoms with van der Waals surface area (Å²) in [5, 5.41) is 2.22. The maximum atomic E-state index is 12.5. The molecule has 1 aromatic carbocycles. The molecule has 1 aromatic rings. The number of nitrogens with one attached hydrogen (secondary N) is 1. The topological polar surface area (TPSA) is 79.0 Å². The van der Waals surface area contributed by atoms with Gasteiger partial charge in [-0.1, -0.05) is 18.2 Å². The van der Waals surface area contributed by atoms with Crippen LogP contribution in [0.1, 0.15) is 18.4 Å². The zero-order chi connectivity index (χ0) is 18.7. The van der Waals surface area contributed by atoms with Crippen LogP contribution < -0.4 is 10.1 Å². The quantitative estimate of drug-likeness (QED) is 0.798. The number of halogens is 2. The first-order valence-electron chi connectivity index (χ1n) is 8.34. The van der Waals surface area contributed by atoms with Crippen LogP contribution in [0.5, 0.6) is 5.75 Å². The number of alkyl halides is 2. The van der Waals surface area contributed by atoms with Gasteiger partial charge >= 0.3 is 6.03 Å². The number of urea groups is 1. The van der Waals surface area contributed by atoms with Gasteiger partial charge in [0.25, 0.3) is 5.91 Å². The number of rotatable bonds is 5. The highest BCUT2D eigenvalue weighted by Gasteiger charge is 2.39. The zero-order valence-corrected chi connectivity index (χ0v) is 14.0. The number of hydrogen-bond acceptors (Lipinski definition) is 4. The summed E-state index contributed by atoms with van der Waals surface area (Å²) in [6, 6.07) is 5.44. The molecule has 1 saturated heterocycles. The fourth-order valence-corrected chi connectivity index (χ4v) is 3.03. The van der Waals surface area contributed by atoms with Crippen molar-refractivity contribution in [2.24, 2.45) is 0 Å². The number of benzene rings is 1. The number of carbonyl (C=O) groups excluding carboxylic acids is 3. The first kappa shape index (κ1) is 18.1. The molecule has 0 saturated carbocycles. The van der Waals surface area contributed by atoms with Gasteiger partial charge in [0.2, 0.25) is 12.3 Å². The highest BCUT2D eigenvalue weighted by Crippen LogP contribution is 2.23. The van der Waals surface area contributed by atoms with E-state index >= 15 is 0 Å². The lowest BCUT2D eigenvalue weighted by atomic mass is 10.2. The van der Waals surface area contributed by atoms with Gasteiger partial charge < -0.3 is 15.0 Å². The molecule has 0 aliphatic carbocycles. The van der Waals surface area contributed by atoms with Gasteiger partial charge in [-0.05, 0) is 6.07 Å². The van der Waals surface area contributed by atoms with Crippen LogP contribution in [0.25, 0.3) is 0 Å². The lowest BCUT2D eigenvalue weighted by molar-refractivity contribution is -0.133. The van der Waals surface area contributed by atoms with Crippen molar-refractivity contribution < 1.29 is 27.9 Å². The van der Waals surface area contributed by atoms with Gasteiger partial charge in [-0.3, -0.25) is 14.5 Å². The Bertz CT molecular complexity index is 713. The van der Waals surface area contributed by atoms with Crippen molar-refractivity contribution in [1.82, 2.24) is 15.1 Å². The van der Waals surface area contributed by atoms with E-state index in [1.165, 1.54) is 0 Å². The van der Waals surface area contributed by atoms with Crippen LogP contribution in [0, 0.1) is 0 Å². The van der Waals surface area contributed by atoms with Gasteiger partial charge in [-0.25, -0.2) is 13.6 Å². The van der Waals surface area contributed by atoms with Crippen molar-refractivity contribution in [1.29, 1.82) is 0 Å². The van der Waals surface area contributed by atoms with Crippen molar-refractivity contribution in [3.63, 3.8) is 0 Å². The van der Waals surface area contributed by atoms with E-state index in [0.717, 1.165) is 16.2 Å². The molecule has 1 atom stereocenters. The van der Waals surface area contributed by atoms with Crippen LogP contribution >= 0.6 is 0 Å². The second-order valence-electron chi connectivity index (χ2n) is 6.14. The first-order chi connectivity index (χ1) is 12.5. The third-order valence-electron chi connectivity index (χ3n) is 4.38. The molecule has 0 bridgehead atoms. The van der Waals surface area contributed by atoms with Crippen LogP contribution in [0.2, 0.25) is 0 Å². The zero-order valence-electron chi connectivity index (χ0n) is 14.0. The second kappa shape index (κ2) is 7.67. The van der Waals surface area contributed by atoms with Crippen LogP contribution in [0.4, 0.5) is 13.6 Å². The Balaban J connectivity index is 1.57. The number of carbonyl (C=O) groups is 3. The molecule has 0 spiro atoms. The lowest BCUT2D eigenvalue weighted by Crippen LogP contribution is -2.38. The molecule has 2 heterocycles. The van der Waals surface area contributed by atoms with Gasteiger partial charge in [-0.15, -0.1) is 0 Å². The number of fused-ring (bicyclic) bond motifs is 1. The highest BCUT2D eigenvalue weighted by atomic mass is 19.3. The molecule has 140 valence electrons. The van der Waals surface area contributed by atoms with Gasteiger partial charge in [0.1, 0.15) is 18.4 Å². The van der Waals surface area contributed by atoms with E-state index in [1.807, 2.05) is 24.3 Å². The van der Waals surface area contributed by atoms with E-state index in [1.54, 1.807) is 4.90 Å². The monoisotopic (exact) mass is 367 g/mol. The van der Waals surface area contributed by atoms with Crippen LogP contribution in [-0.4, -0.2) is 59.8 Å². The minimum absolute atomic E-state index is 0.0667. The molecule has 1 fully saturated rings. The highest BCUT2D eigenvalue weighted by molar-refractivity contribution is 6.04. The fourth-order valence-electron chi connectivity index (χ4n) is 3.03. The van der Waals surface area contributed by atoms with E-state index in [2.05, 4.69) is 5.32 Å². The number of ether oxygens (including phenoxy) is 1. The molecule has 9 heteroatoms. The minimum atomic E-state index is -2.69. The average Bonchev–Trinajstić information content (AvgIpc) is 2.77. The Morgan fingerprint density at radius 2 is 2.08 bits per heavy atom. The molecular formula is C17H19F2N3O4. The SMILES string of the molecule is O=C(CCN1C(=O)N[C@H](CC(F)F)C1=O)N1CCOc2ccccc2C1. The summed E-state index contributed by atoms with van der Waals surface area (Å²) >= 11 is 0. The van der Waals surface area contributed by atoms with Crippen molar-refractivity contribution in [3.05, 3.63) is 29.8 Å². The summed E-state index contributed by atoms with van der Waals surface area (Å²) in [6.45, 7) is 0.982. The summed E-state index contributed by atoms with van der Waals surface area (Å²) in [5.41, 5.74) is 0.880. The molecular weight excluding hydrogens is 348 g/mol. The minimum Gasteiger partial charge on any atom is -0.491 e. The molecule has 7 nitrogen and oxygen atoms in total. The van der Waals surface area contributed by atoms with Crippen LogP contribution in [-0.2, 0) is 16.1 Å². The first-order valence-corrected chi connectivity index (χ1v) is 8.34. The lowest BCUT2D eigenvalue weighted by Gasteiger charge is -2.21. The number of imide groups is 1. The van der Waals surface area contributed by atoms with E-state index < -0.39 is 30.8 Å². The van der Waals surface area contributed by atoms with Crippen molar-refractivity contribution >= 4 is 17.8 Å². The Hall–Kier alpha value is -2.71. The molecule has 0 unspecified atom stereocenters. The number of amides is 4. The Labute approximate surface area is 148 Å². The maximum absolute atomic E-state index is 12.5. The van der Waals surface area contributed by atoms with Crippen molar-refractivity contribution in [2.75, 3.05) is 19.7 Å². The molecule has 4 amide bonds. The van der Waals surface area contributed by atoms with Crippen molar-refractivity contribution in [3.8, 4) is 5.75 Å². The summed E-state index contributed by atoms with van der Waals surface area (Å²) in [7, 11) is 0. The van der Waals surface area contributed by atoms with Crippen molar-refractivity contribution in [2.45, 2.75) is 31.9 Å². The van der Waals surface area contributed by atoms with Gasteiger partial charge in [0, 0.05) is 31.5 Å². The molecule has 2 aliphatic rings. The molecule has 3 rings (SSSR count). The fraction of sp³-hybridized carbons (Fsp3) is 0.471. The number of hydrogen-bond donors (Lipinski definition) is 1. The third kappa shape index (κ3) is 3.92.